The number of rotatable bonds is 9. The number of nitrogens with zero attached hydrogens (tertiary/aromatic N) is 2. The summed E-state index contributed by atoms with van der Waals surface area (Å²) in [5.41, 5.74) is 0. The van der Waals surface area contributed by atoms with E-state index in [1.165, 1.54) is 0 Å². The van der Waals surface area contributed by atoms with Crippen molar-refractivity contribution in [3.63, 3.8) is 0 Å². The molecule has 0 aromatic carbocycles. The van der Waals surface area contributed by atoms with Gasteiger partial charge in [-0.3, -0.25) is 4.79 Å². The predicted octanol–water partition coefficient (Wildman–Crippen LogP) is 1.51. The Balaban J connectivity index is 4.06. The van der Waals surface area contributed by atoms with Gasteiger partial charge in [0.1, 0.15) is 0 Å². The summed E-state index contributed by atoms with van der Waals surface area (Å²) in [6, 6.07) is 0.185. The first-order valence-electron chi connectivity index (χ1n) is 6.11. The van der Waals surface area contributed by atoms with Crippen molar-refractivity contribution in [2.45, 2.75) is 39.2 Å². The molecule has 0 amide bonds. The van der Waals surface area contributed by atoms with E-state index in [9.17, 15) is 4.79 Å². The van der Waals surface area contributed by atoms with Crippen LogP contribution in [0.15, 0.2) is 0 Å². The summed E-state index contributed by atoms with van der Waals surface area (Å²) in [5, 5.41) is 8.84. The number of hydrogen-bond donors (Lipinski definition) is 1. The fourth-order valence-electron chi connectivity index (χ4n) is 1.92. The first kappa shape index (κ1) is 15.4. The Morgan fingerprint density at radius 1 is 1.25 bits per heavy atom. The third-order valence-electron chi connectivity index (χ3n) is 2.85. The molecule has 16 heavy (non-hydrogen) atoms. The molecule has 0 saturated heterocycles. The Morgan fingerprint density at radius 2 is 1.88 bits per heavy atom. The topological polar surface area (TPSA) is 43.8 Å². The average molecular weight is 230 g/mol. The van der Waals surface area contributed by atoms with Crippen molar-refractivity contribution in [1.29, 1.82) is 0 Å². The van der Waals surface area contributed by atoms with Crippen molar-refractivity contribution < 1.29 is 9.90 Å². The molecule has 0 radical (unpaired) electrons. The number of carbonyl (C=O) groups is 1. The first-order chi connectivity index (χ1) is 7.51. The highest BCUT2D eigenvalue weighted by molar-refractivity contribution is 5.67. The van der Waals surface area contributed by atoms with E-state index >= 15 is 0 Å². The van der Waals surface area contributed by atoms with Gasteiger partial charge in [-0.1, -0.05) is 13.8 Å². The molecule has 0 spiro atoms. The molecule has 4 nitrogen and oxygen atoms in total. The van der Waals surface area contributed by atoms with Crippen LogP contribution < -0.4 is 0 Å². The molecular formula is C12H26N2O2. The summed E-state index contributed by atoms with van der Waals surface area (Å²) in [6.07, 6.45) is 2.26. The van der Waals surface area contributed by atoms with E-state index in [0.29, 0.717) is 0 Å². The smallest absolute Gasteiger partial charge is 0.304 e. The highest BCUT2D eigenvalue weighted by Gasteiger charge is 2.17. The van der Waals surface area contributed by atoms with Crippen molar-refractivity contribution >= 4 is 5.97 Å². The number of carboxylic acid groups (broad SMARTS) is 1. The van der Waals surface area contributed by atoms with Gasteiger partial charge in [0.05, 0.1) is 6.42 Å². The standard InChI is InChI=1S/C12H26N2O2/c1-5-11(10-12(15)16)14(6-2)9-7-8-13(3)4/h11H,5-10H2,1-4H3,(H,15,16). The van der Waals surface area contributed by atoms with Crippen LogP contribution >= 0.6 is 0 Å². The van der Waals surface area contributed by atoms with Crippen LogP contribution in [-0.2, 0) is 4.79 Å². The molecule has 0 aromatic heterocycles. The van der Waals surface area contributed by atoms with Crippen LogP contribution in [0.3, 0.4) is 0 Å². The summed E-state index contributed by atoms with van der Waals surface area (Å²) in [7, 11) is 4.12. The van der Waals surface area contributed by atoms with Gasteiger partial charge in [0.2, 0.25) is 0 Å². The molecule has 0 bridgehead atoms. The van der Waals surface area contributed by atoms with E-state index in [-0.39, 0.29) is 12.5 Å². The maximum Gasteiger partial charge on any atom is 0.304 e. The highest BCUT2D eigenvalue weighted by Crippen LogP contribution is 2.09. The second-order valence-corrected chi connectivity index (χ2v) is 4.45. The van der Waals surface area contributed by atoms with Crippen LogP contribution in [0.1, 0.15) is 33.1 Å². The van der Waals surface area contributed by atoms with Gasteiger partial charge < -0.3 is 14.9 Å². The first-order valence-corrected chi connectivity index (χ1v) is 6.11. The molecule has 1 unspecified atom stereocenters. The monoisotopic (exact) mass is 230 g/mol. The lowest BCUT2D eigenvalue weighted by Gasteiger charge is -2.29. The molecule has 0 rings (SSSR count). The van der Waals surface area contributed by atoms with E-state index in [0.717, 1.165) is 32.5 Å². The van der Waals surface area contributed by atoms with Gasteiger partial charge in [0.15, 0.2) is 0 Å². The Morgan fingerprint density at radius 3 is 2.25 bits per heavy atom. The Bertz CT molecular complexity index is 195. The lowest BCUT2D eigenvalue weighted by atomic mass is 10.1. The fraction of sp³-hybridized carbons (Fsp3) is 0.917. The minimum absolute atomic E-state index is 0.185. The SMILES string of the molecule is CCC(CC(=O)O)N(CC)CCCN(C)C. The molecular weight excluding hydrogens is 204 g/mol. The third-order valence-corrected chi connectivity index (χ3v) is 2.85. The van der Waals surface area contributed by atoms with Crippen LogP contribution in [0, 0.1) is 0 Å². The van der Waals surface area contributed by atoms with Gasteiger partial charge in [-0.25, -0.2) is 0 Å². The van der Waals surface area contributed by atoms with E-state index in [1.807, 2.05) is 0 Å². The Hall–Kier alpha value is -0.610. The minimum atomic E-state index is -0.696. The van der Waals surface area contributed by atoms with Crippen LogP contribution in [0.4, 0.5) is 0 Å². The number of aliphatic carboxylic acids is 1. The lowest BCUT2D eigenvalue weighted by Crippen LogP contribution is -2.38. The second-order valence-electron chi connectivity index (χ2n) is 4.45. The van der Waals surface area contributed by atoms with Gasteiger partial charge in [0.25, 0.3) is 0 Å². The zero-order valence-electron chi connectivity index (χ0n) is 11.1. The largest absolute Gasteiger partial charge is 0.481 e. The van der Waals surface area contributed by atoms with Gasteiger partial charge in [0, 0.05) is 6.04 Å². The van der Waals surface area contributed by atoms with Gasteiger partial charge in [-0.05, 0) is 46.6 Å². The summed E-state index contributed by atoms with van der Waals surface area (Å²) < 4.78 is 0. The van der Waals surface area contributed by atoms with Gasteiger partial charge >= 0.3 is 5.97 Å². The summed E-state index contributed by atoms with van der Waals surface area (Å²) in [5.74, 6) is -0.696. The zero-order valence-corrected chi connectivity index (χ0v) is 11.1. The fourth-order valence-corrected chi connectivity index (χ4v) is 1.92. The molecule has 0 saturated carbocycles. The molecule has 1 N–H and O–H groups in total. The molecule has 1 atom stereocenters. The van der Waals surface area contributed by atoms with E-state index in [4.69, 9.17) is 5.11 Å². The predicted molar refractivity (Wildman–Crippen MR) is 66.7 cm³/mol. The average Bonchev–Trinajstić information content (AvgIpc) is 2.21. The molecule has 0 heterocycles. The lowest BCUT2D eigenvalue weighted by molar-refractivity contribution is -0.138. The van der Waals surface area contributed by atoms with Crippen molar-refractivity contribution in [2.24, 2.45) is 0 Å². The Labute approximate surface area is 99.2 Å². The van der Waals surface area contributed by atoms with Crippen molar-refractivity contribution in [3.05, 3.63) is 0 Å². The second kappa shape index (κ2) is 8.53. The molecule has 0 aliphatic carbocycles. The molecule has 4 heteroatoms. The maximum atomic E-state index is 10.7. The van der Waals surface area contributed by atoms with E-state index in [2.05, 4.69) is 37.7 Å². The zero-order chi connectivity index (χ0) is 12.6. The van der Waals surface area contributed by atoms with Gasteiger partial charge in [-0.2, -0.15) is 0 Å². The third kappa shape index (κ3) is 6.80. The van der Waals surface area contributed by atoms with Crippen molar-refractivity contribution in [3.8, 4) is 0 Å². The maximum absolute atomic E-state index is 10.7. The van der Waals surface area contributed by atoms with Crippen LogP contribution in [-0.4, -0.2) is 60.6 Å². The van der Waals surface area contributed by atoms with Crippen molar-refractivity contribution in [1.82, 2.24) is 9.80 Å². The van der Waals surface area contributed by atoms with E-state index in [1.54, 1.807) is 0 Å². The normalized spacial score (nSPS) is 13.4. The van der Waals surface area contributed by atoms with Gasteiger partial charge in [-0.15, -0.1) is 0 Å². The summed E-state index contributed by atoms with van der Waals surface area (Å²) in [6.45, 7) is 7.13. The molecule has 96 valence electrons. The minimum Gasteiger partial charge on any atom is -0.481 e. The highest BCUT2D eigenvalue weighted by atomic mass is 16.4. The number of hydrogen-bond acceptors (Lipinski definition) is 3. The summed E-state index contributed by atoms with van der Waals surface area (Å²) >= 11 is 0. The molecule has 0 aliphatic heterocycles. The van der Waals surface area contributed by atoms with Crippen LogP contribution in [0.2, 0.25) is 0 Å². The molecule has 0 aliphatic rings. The van der Waals surface area contributed by atoms with E-state index < -0.39 is 5.97 Å². The summed E-state index contributed by atoms with van der Waals surface area (Å²) in [4.78, 5) is 15.2. The van der Waals surface area contributed by atoms with Crippen LogP contribution in [0.25, 0.3) is 0 Å². The quantitative estimate of drug-likeness (QED) is 0.652. The molecule has 0 fully saturated rings. The van der Waals surface area contributed by atoms with Crippen molar-refractivity contribution in [2.75, 3.05) is 33.7 Å². The van der Waals surface area contributed by atoms with Crippen LogP contribution in [0.5, 0.6) is 0 Å². The Kier molecular flexibility index (Phi) is 8.21. The molecule has 0 aromatic rings. The number of carboxylic acids is 1.